The second kappa shape index (κ2) is 5.34. The smallest absolute Gasteiger partial charge is 0.315 e. The van der Waals surface area contributed by atoms with E-state index >= 15 is 0 Å². The van der Waals surface area contributed by atoms with E-state index in [9.17, 15) is 4.79 Å². The third-order valence-corrected chi connectivity index (χ3v) is 3.67. The second-order valence-corrected chi connectivity index (χ2v) is 5.26. The molecule has 0 aliphatic heterocycles. The van der Waals surface area contributed by atoms with Gasteiger partial charge in [-0.2, -0.15) is 11.3 Å². The zero-order valence-electron chi connectivity index (χ0n) is 9.53. The first kappa shape index (κ1) is 11.5. The van der Waals surface area contributed by atoms with E-state index in [4.69, 9.17) is 0 Å². The van der Waals surface area contributed by atoms with Crippen LogP contribution in [0.4, 0.5) is 4.79 Å². The molecule has 2 amide bonds. The number of thiophene rings is 1. The molecule has 1 aliphatic carbocycles. The van der Waals surface area contributed by atoms with Gasteiger partial charge in [0.1, 0.15) is 0 Å². The molecule has 1 heterocycles. The zero-order valence-corrected chi connectivity index (χ0v) is 10.3. The van der Waals surface area contributed by atoms with E-state index in [1.807, 2.05) is 6.92 Å². The number of urea groups is 1. The van der Waals surface area contributed by atoms with Gasteiger partial charge in [0, 0.05) is 12.1 Å². The molecule has 2 N–H and O–H groups in total. The Labute approximate surface area is 100 Å². The van der Waals surface area contributed by atoms with Crippen molar-refractivity contribution in [2.75, 3.05) is 0 Å². The summed E-state index contributed by atoms with van der Waals surface area (Å²) in [6, 6.07) is 2.68. The molecular weight excluding hydrogens is 220 g/mol. The van der Waals surface area contributed by atoms with Crippen molar-refractivity contribution >= 4 is 17.4 Å². The number of rotatable bonds is 4. The van der Waals surface area contributed by atoms with Gasteiger partial charge in [0.2, 0.25) is 0 Å². The Morgan fingerprint density at radius 2 is 2.44 bits per heavy atom. The van der Waals surface area contributed by atoms with Gasteiger partial charge in [0.05, 0.1) is 0 Å². The molecule has 3 nitrogen and oxygen atoms in total. The molecule has 4 heteroatoms. The van der Waals surface area contributed by atoms with E-state index in [0.717, 1.165) is 19.3 Å². The maximum atomic E-state index is 11.6. The zero-order chi connectivity index (χ0) is 11.4. The number of carbonyl (C=O) groups excluding carboxylic acids is 1. The van der Waals surface area contributed by atoms with Crippen LogP contribution in [0.3, 0.4) is 0 Å². The van der Waals surface area contributed by atoms with Crippen molar-refractivity contribution in [2.45, 2.75) is 44.7 Å². The molecule has 0 aromatic carbocycles. The fourth-order valence-electron chi connectivity index (χ4n) is 1.82. The predicted molar refractivity (Wildman–Crippen MR) is 66.8 cm³/mol. The number of hydrogen-bond donors (Lipinski definition) is 2. The molecule has 0 saturated heterocycles. The van der Waals surface area contributed by atoms with Crippen LogP contribution in [0.25, 0.3) is 0 Å². The third kappa shape index (κ3) is 3.23. The van der Waals surface area contributed by atoms with Crippen LogP contribution in [0.5, 0.6) is 0 Å². The van der Waals surface area contributed by atoms with E-state index in [2.05, 4.69) is 27.5 Å². The van der Waals surface area contributed by atoms with Gasteiger partial charge in [-0.15, -0.1) is 0 Å². The molecule has 1 fully saturated rings. The monoisotopic (exact) mass is 238 g/mol. The van der Waals surface area contributed by atoms with Crippen molar-refractivity contribution in [3.8, 4) is 0 Å². The standard InChI is InChI=1S/C12H18N2OS/c1-9(7-10-5-6-16-8-10)13-12(15)14-11-3-2-4-11/h5-6,8-9,11H,2-4,7H2,1H3,(H2,13,14,15). The molecular formula is C12H18N2OS. The van der Waals surface area contributed by atoms with Crippen molar-refractivity contribution in [1.29, 1.82) is 0 Å². The molecule has 88 valence electrons. The quantitative estimate of drug-likeness (QED) is 0.831. The lowest BCUT2D eigenvalue weighted by Gasteiger charge is -2.27. The Kier molecular flexibility index (Phi) is 3.83. The van der Waals surface area contributed by atoms with E-state index < -0.39 is 0 Å². The largest absolute Gasteiger partial charge is 0.335 e. The van der Waals surface area contributed by atoms with E-state index in [0.29, 0.717) is 6.04 Å². The van der Waals surface area contributed by atoms with Gasteiger partial charge in [-0.25, -0.2) is 4.79 Å². The fraction of sp³-hybridized carbons (Fsp3) is 0.583. The summed E-state index contributed by atoms with van der Waals surface area (Å²) < 4.78 is 0. The van der Waals surface area contributed by atoms with Gasteiger partial charge < -0.3 is 10.6 Å². The number of hydrogen-bond acceptors (Lipinski definition) is 2. The maximum absolute atomic E-state index is 11.6. The Bertz CT molecular complexity index is 333. The topological polar surface area (TPSA) is 41.1 Å². The number of amides is 2. The lowest BCUT2D eigenvalue weighted by atomic mass is 9.93. The number of carbonyl (C=O) groups is 1. The maximum Gasteiger partial charge on any atom is 0.315 e. The minimum Gasteiger partial charge on any atom is -0.335 e. The molecule has 2 rings (SSSR count). The summed E-state index contributed by atoms with van der Waals surface area (Å²) in [6.45, 7) is 2.04. The van der Waals surface area contributed by atoms with Crippen LogP contribution < -0.4 is 10.6 Å². The highest BCUT2D eigenvalue weighted by Gasteiger charge is 2.19. The summed E-state index contributed by atoms with van der Waals surface area (Å²) in [6.07, 6.45) is 4.41. The molecule has 1 unspecified atom stereocenters. The fourth-order valence-corrected chi connectivity index (χ4v) is 2.50. The van der Waals surface area contributed by atoms with E-state index in [1.165, 1.54) is 12.0 Å². The van der Waals surface area contributed by atoms with Crippen LogP contribution in [0.2, 0.25) is 0 Å². The first-order valence-corrected chi connectivity index (χ1v) is 6.76. The van der Waals surface area contributed by atoms with Crippen molar-refractivity contribution in [3.63, 3.8) is 0 Å². The van der Waals surface area contributed by atoms with Gasteiger partial charge >= 0.3 is 6.03 Å². The lowest BCUT2D eigenvalue weighted by Crippen LogP contribution is -2.48. The first-order chi connectivity index (χ1) is 7.74. The Balaban J connectivity index is 1.69. The lowest BCUT2D eigenvalue weighted by molar-refractivity contribution is 0.225. The van der Waals surface area contributed by atoms with Crippen molar-refractivity contribution < 1.29 is 4.79 Å². The summed E-state index contributed by atoms with van der Waals surface area (Å²) in [5.74, 6) is 0. The summed E-state index contributed by atoms with van der Waals surface area (Å²) in [4.78, 5) is 11.6. The Hall–Kier alpha value is -1.03. The average Bonchev–Trinajstić information content (AvgIpc) is 2.63. The van der Waals surface area contributed by atoms with Gasteiger partial charge in [-0.1, -0.05) is 0 Å². The third-order valence-electron chi connectivity index (χ3n) is 2.94. The molecule has 1 aromatic rings. The molecule has 16 heavy (non-hydrogen) atoms. The van der Waals surface area contributed by atoms with Crippen LogP contribution >= 0.6 is 11.3 Å². The van der Waals surface area contributed by atoms with Gasteiger partial charge in [-0.3, -0.25) is 0 Å². The summed E-state index contributed by atoms with van der Waals surface area (Å²) >= 11 is 1.70. The summed E-state index contributed by atoms with van der Waals surface area (Å²) in [5.41, 5.74) is 1.29. The molecule has 0 spiro atoms. The highest BCUT2D eigenvalue weighted by Crippen LogP contribution is 2.17. The predicted octanol–water partition coefficient (Wildman–Crippen LogP) is 2.53. The van der Waals surface area contributed by atoms with Gasteiger partial charge in [-0.05, 0) is 55.0 Å². The van der Waals surface area contributed by atoms with Gasteiger partial charge in [0.25, 0.3) is 0 Å². The van der Waals surface area contributed by atoms with Crippen molar-refractivity contribution in [1.82, 2.24) is 10.6 Å². The minimum atomic E-state index is -0.0209. The van der Waals surface area contributed by atoms with Crippen LogP contribution in [-0.4, -0.2) is 18.1 Å². The minimum absolute atomic E-state index is 0.0209. The van der Waals surface area contributed by atoms with Crippen LogP contribution in [0, 0.1) is 0 Å². The molecule has 1 aromatic heterocycles. The Morgan fingerprint density at radius 3 is 3.00 bits per heavy atom. The number of nitrogens with one attached hydrogen (secondary N) is 2. The van der Waals surface area contributed by atoms with E-state index in [1.54, 1.807) is 11.3 Å². The first-order valence-electron chi connectivity index (χ1n) is 5.82. The molecule has 1 saturated carbocycles. The van der Waals surface area contributed by atoms with Crippen molar-refractivity contribution in [3.05, 3.63) is 22.4 Å². The van der Waals surface area contributed by atoms with Crippen LogP contribution in [0.15, 0.2) is 16.8 Å². The second-order valence-electron chi connectivity index (χ2n) is 4.48. The normalized spacial score (nSPS) is 17.6. The molecule has 0 radical (unpaired) electrons. The SMILES string of the molecule is CC(Cc1ccsc1)NC(=O)NC1CCC1. The summed E-state index contributed by atoms with van der Waals surface area (Å²) in [5, 5.41) is 10.1. The average molecular weight is 238 g/mol. The molecule has 0 bridgehead atoms. The Morgan fingerprint density at radius 1 is 1.62 bits per heavy atom. The molecule has 1 atom stereocenters. The van der Waals surface area contributed by atoms with Crippen LogP contribution in [-0.2, 0) is 6.42 Å². The van der Waals surface area contributed by atoms with Crippen LogP contribution in [0.1, 0.15) is 31.7 Å². The highest BCUT2D eigenvalue weighted by molar-refractivity contribution is 7.07. The molecule has 1 aliphatic rings. The van der Waals surface area contributed by atoms with Crippen molar-refractivity contribution in [2.24, 2.45) is 0 Å². The summed E-state index contributed by atoms with van der Waals surface area (Å²) in [7, 11) is 0. The van der Waals surface area contributed by atoms with Gasteiger partial charge in [0.15, 0.2) is 0 Å². The highest BCUT2D eigenvalue weighted by atomic mass is 32.1. The van der Waals surface area contributed by atoms with E-state index in [-0.39, 0.29) is 12.1 Å².